The third-order valence-corrected chi connectivity index (χ3v) is 6.60. The summed E-state index contributed by atoms with van der Waals surface area (Å²) in [5.74, 6) is -3.96. The number of esters is 5. The van der Waals surface area contributed by atoms with E-state index in [9.17, 15) is 28.8 Å². The first-order valence-corrected chi connectivity index (χ1v) is 13.4. The molecule has 0 saturated carbocycles. The molecule has 0 bridgehead atoms. The molecule has 41 heavy (non-hydrogen) atoms. The minimum absolute atomic E-state index is 0.0482. The van der Waals surface area contributed by atoms with Gasteiger partial charge in [0.15, 0.2) is 18.3 Å². The zero-order valence-electron chi connectivity index (χ0n) is 23.2. The molecule has 1 heterocycles. The van der Waals surface area contributed by atoms with E-state index in [2.05, 4.69) is 5.32 Å². The topological polar surface area (TPSA) is 179 Å². The van der Waals surface area contributed by atoms with Crippen molar-refractivity contribution in [1.29, 1.82) is 0 Å². The predicted octanol–water partition coefficient (Wildman–Crippen LogP) is 1.27. The standard InChI is InChI=1S/C26H33NO13S/c1-14(28)35-12-20-21(37-15(2)29)22(38-16(3)30)23(39-17(4)31)25(40-20)41-13-19(24(32)34-5)27-26(33)36-11-18-9-7-6-8-10-18/h6-10,19-23,25H,11-13H2,1-5H3,(H,27,33)/t19?,20-,21+,22+,23-,25+/m1/s1. The molecule has 0 spiro atoms. The lowest BCUT2D eigenvalue weighted by atomic mass is 9.99. The van der Waals surface area contributed by atoms with Crippen molar-refractivity contribution in [3.63, 3.8) is 0 Å². The maximum absolute atomic E-state index is 12.5. The second-order valence-electron chi connectivity index (χ2n) is 8.68. The van der Waals surface area contributed by atoms with Crippen LogP contribution in [0.2, 0.25) is 0 Å². The van der Waals surface area contributed by atoms with Crippen LogP contribution in [0, 0.1) is 0 Å². The van der Waals surface area contributed by atoms with Crippen LogP contribution in [0.3, 0.4) is 0 Å². The quantitative estimate of drug-likeness (QED) is 0.268. The average Bonchev–Trinajstić information content (AvgIpc) is 2.90. The third kappa shape index (κ3) is 11.3. The van der Waals surface area contributed by atoms with Gasteiger partial charge in [-0.1, -0.05) is 30.3 Å². The summed E-state index contributed by atoms with van der Waals surface area (Å²) in [5, 5.41) is 2.42. The molecule has 2 rings (SSSR count). The Kier molecular flexibility index (Phi) is 13.4. The number of thioether (sulfide) groups is 1. The van der Waals surface area contributed by atoms with Crippen LogP contribution >= 0.6 is 11.8 Å². The van der Waals surface area contributed by atoms with Gasteiger partial charge in [0.1, 0.15) is 30.8 Å². The molecule has 0 aromatic heterocycles. The van der Waals surface area contributed by atoms with Gasteiger partial charge in [-0.05, 0) is 5.56 Å². The molecule has 226 valence electrons. The van der Waals surface area contributed by atoms with Crippen LogP contribution in [0.25, 0.3) is 0 Å². The second-order valence-corrected chi connectivity index (χ2v) is 9.81. The number of alkyl carbamates (subject to hydrolysis) is 1. The molecule has 0 radical (unpaired) electrons. The maximum atomic E-state index is 12.5. The minimum Gasteiger partial charge on any atom is -0.467 e. The van der Waals surface area contributed by atoms with Crippen LogP contribution in [0.5, 0.6) is 0 Å². The van der Waals surface area contributed by atoms with Crippen molar-refractivity contribution >= 4 is 47.7 Å². The Bertz CT molecular complexity index is 1080. The first kappa shape index (κ1) is 33.4. The summed E-state index contributed by atoms with van der Waals surface area (Å²) in [6.07, 6.45) is -6.07. The highest BCUT2D eigenvalue weighted by molar-refractivity contribution is 7.99. The van der Waals surface area contributed by atoms with Gasteiger partial charge in [-0.15, -0.1) is 11.8 Å². The molecule has 14 nitrogen and oxygen atoms in total. The van der Waals surface area contributed by atoms with Crippen LogP contribution in [0.1, 0.15) is 33.3 Å². The molecular weight excluding hydrogens is 566 g/mol. The highest BCUT2D eigenvalue weighted by Gasteiger charge is 2.52. The molecule has 1 aromatic carbocycles. The second kappa shape index (κ2) is 16.4. The van der Waals surface area contributed by atoms with Crippen molar-refractivity contribution in [3.8, 4) is 0 Å². The summed E-state index contributed by atoms with van der Waals surface area (Å²) in [5.41, 5.74) is -0.422. The van der Waals surface area contributed by atoms with E-state index < -0.39 is 78.4 Å². The van der Waals surface area contributed by atoms with Gasteiger partial charge in [0.05, 0.1) is 7.11 Å². The molecule has 1 unspecified atom stereocenters. The SMILES string of the molecule is COC(=O)C(CS[C@@H]1O[C@H](COC(C)=O)[C@H](OC(C)=O)[C@H](OC(C)=O)[C@H]1OC(C)=O)NC(=O)OCc1ccccc1. The summed E-state index contributed by atoms with van der Waals surface area (Å²) in [4.78, 5) is 72.2. The van der Waals surface area contributed by atoms with Gasteiger partial charge in [-0.2, -0.15) is 0 Å². The molecule has 15 heteroatoms. The maximum Gasteiger partial charge on any atom is 0.408 e. The van der Waals surface area contributed by atoms with E-state index in [0.29, 0.717) is 0 Å². The fraction of sp³-hybridized carbons (Fsp3) is 0.538. The molecule has 1 saturated heterocycles. The molecule has 1 aliphatic rings. The Balaban J connectivity index is 2.27. The summed E-state index contributed by atoms with van der Waals surface area (Å²) in [6, 6.07) is 7.63. The number of carbonyl (C=O) groups excluding carboxylic acids is 6. The van der Waals surface area contributed by atoms with E-state index >= 15 is 0 Å². The van der Waals surface area contributed by atoms with Crippen LogP contribution in [0.15, 0.2) is 30.3 Å². The lowest BCUT2D eigenvalue weighted by Crippen LogP contribution is -2.61. The number of hydrogen-bond donors (Lipinski definition) is 1. The molecule has 1 amide bonds. The molecule has 1 aromatic rings. The molecule has 1 aliphatic heterocycles. The Morgan fingerprint density at radius 1 is 0.829 bits per heavy atom. The van der Waals surface area contributed by atoms with Gasteiger partial charge in [-0.3, -0.25) is 19.2 Å². The average molecular weight is 600 g/mol. The van der Waals surface area contributed by atoms with Gasteiger partial charge in [0.25, 0.3) is 0 Å². The largest absolute Gasteiger partial charge is 0.467 e. The van der Waals surface area contributed by atoms with E-state index in [1.807, 2.05) is 6.07 Å². The number of ether oxygens (including phenoxy) is 7. The summed E-state index contributed by atoms with van der Waals surface area (Å²) < 4.78 is 37.1. The van der Waals surface area contributed by atoms with Crippen molar-refractivity contribution in [3.05, 3.63) is 35.9 Å². The fourth-order valence-electron chi connectivity index (χ4n) is 3.73. The van der Waals surface area contributed by atoms with Crippen LogP contribution in [0.4, 0.5) is 4.79 Å². The van der Waals surface area contributed by atoms with E-state index in [1.54, 1.807) is 24.3 Å². The van der Waals surface area contributed by atoms with E-state index in [1.165, 1.54) is 0 Å². The van der Waals surface area contributed by atoms with Gasteiger partial charge >= 0.3 is 35.9 Å². The number of rotatable bonds is 12. The first-order chi connectivity index (χ1) is 19.4. The van der Waals surface area contributed by atoms with Crippen LogP contribution < -0.4 is 5.32 Å². The zero-order valence-corrected chi connectivity index (χ0v) is 24.0. The molecule has 1 fully saturated rings. The molecule has 0 aliphatic carbocycles. The van der Waals surface area contributed by atoms with Crippen LogP contribution in [-0.4, -0.2) is 91.3 Å². The lowest BCUT2D eigenvalue weighted by Gasteiger charge is -2.44. The van der Waals surface area contributed by atoms with E-state index in [4.69, 9.17) is 33.2 Å². The lowest BCUT2D eigenvalue weighted by molar-refractivity contribution is -0.237. The van der Waals surface area contributed by atoms with Gasteiger partial charge < -0.3 is 38.5 Å². The number of methoxy groups -OCH3 is 1. The van der Waals surface area contributed by atoms with Crippen molar-refractivity contribution < 1.29 is 61.9 Å². The van der Waals surface area contributed by atoms with E-state index in [0.717, 1.165) is 52.1 Å². The Morgan fingerprint density at radius 3 is 1.98 bits per heavy atom. The predicted molar refractivity (Wildman–Crippen MR) is 140 cm³/mol. The van der Waals surface area contributed by atoms with Crippen molar-refractivity contribution in [2.45, 2.75) is 70.2 Å². The summed E-state index contributed by atoms with van der Waals surface area (Å²) >= 11 is 0.903. The summed E-state index contributed by atoms with van der Waals surface area (Å²) in [6.45, 7) is 4.03. The Labute approximate surface area is 240 Å². The fourth-order valence-corrected chi connectivity index (χ4v) is 4.95. The highest BCUT2D eigenvalue weighted by Crippen LogP contribution is 2.34. The van der Waals surface area contributed by atoms with Crippen molar-refractivity contribution in [2.24, 2.45) is 0 Å². The van der Waals surface area contributed by atoms with Gasteiger partial charge in [0, 0.05) is 33.4 Å². The number of amides is 1. The van der Waals surface area contributed by atoms with Crippen molar-refractivity contribution in [2.75, 3.05) is 19.5 Å². The van der Waals surface area contributed by atoms with E-state index in [-0.39, 0.29) is 12.4 Å². The molecular formula is C26H33NO13S. The highest BCUT2D eigenvalue weighted by atomic mass is 32.2. The number of carbonyl (C=O) groups is 6. The Morgan fingerprint density at radius 2 is 1.41 bits per heavy atom. The Hall–Kier alpha value is -3.85. The molecule has 1 N–H and O–H groups in total. The number of hydrogen-bond acceptors (Lipinski definition) is 14. The van der Waals surface area contributed by atoms with Crippen molar-refractivity contribution in [1.82, 2.24) is 5.32 Å². The minimum atomic E-state index is -1.37. The van der Waals surface area contributed by atoms with Gasteiger partial charge in [-0.25, -0.2) is 9.59 Å². The number of nitrogens with one attached hydrogen (secondary N) is 1. The summed E-state index contributed by atoms with van der Waals surface area (Å²) in [7, 11) is 1.13. The van der Waals surface area contributed by atoms with Crippen LogP contribution in [-0.2, 0) is 63.7 Å². The monoisotopic (exact) mass is 599 g/mol. The first-order valence-electron chi connectivity index (χ1n) is 12.4. The zero-order chi connectivity index (χ0) is 30.5. The number of benzene rings is 1. The van der Waals surface area contributed by atoms with Gasteiger partial charge in [0.2, 0.25) is 0 Å². The molecule has 6 atom stereocenters. The third-order valence-electron chi connectivity index (χ3n) is 5.37. The normalized spacial score (nSPS) is 22.3. The smallest absolute Gasteiger partial charge is 0.408 e.